The van der Waals surface area contributed by atoms with Crippen LogP contribution in [0.2, 0.25) is 0 Å². The summed E-state index contributed by atoms with van der Waals surface area (Å²) in [5, 5.41) is 13.4. The Hall–Kier alpha value is -1.67. The van der Waals surface area contributed by atoms with Crippen molar-refractivity contribution >= 4 is 49.1 Å². The van der Waals surface area contributed by atoms with E-state index in [0.717, 1.165) is 4.47 Å². The molecule has 0 unspecified atom stereocenters. The van der Waals surface area contributed by atoms with Crippen LogP contribution in [0.3, 0.4) is 0 Å². The van der Waals surface area contributed by atoms with Crippen LogP contribution in [0.1, 0.15) is 10.5 Å². The van der Waals surface area contributed by atoms with E-state index in [4.69, 9.17) is 0 Å². The average Bonchev–Trinajstić information content (AvgIpc) is 2.78. The quantitative estimate of drug-likeness (QED) is 0.620. The highest BCUT2D eigenvalue weighted by molar-refractivity contribution is 9.10. The number of carbonyl (C=O) groups excluding carboxylic acids is 1. The van der Waals surface area contributed by atoms with E-state index in [1.807, 2.05) is 0 Å². The Morgan fingerprint density at radius 2 is 2.05 bits per heavy atom. The monoisotopic (exact) mass is 387 g/mol. The van der Waals surface area contributed by atoms with Gasteiger partial charge in [-0.05, 0) is 50.1 Å². The molecule has 0 aliphatic heterocycles. The number of nitrogens with one attached hydrogen (secondary N) is 2. The number of nitro benzene ring substituents is 1. The van der Waals surface area contributed by atoms with E-state index >= 15 is 0 Å². The summed E-state index contributed by atoms with van der Waals surface area (Å²) < 4.78 is 1.11. The summed E-state index contributed by atoms with van der Waals surface area (Å²) in [6, 6.07) is 5.99. The smallest absolute Gasteiger partial charge is 0.285 e. The normalized spacial score (nSPS) is 10.2. The van der Waals surface area contributed by atoms with Crippen molar-refractivity contribution in [3.8, 4) is 0 Å². The first kappa shape index (κ1) is 13.8. The Bertz CT molecular complexity index is 654. The summed E-state index contributed by atoms with van der Waals surface area (Å²) in [7, 11) is 0. The van der Waals surface area contributed by atoms with Crippen molar-refractivity contribution in [2.24, 2.45) is 0 Å². The third-order valence-corrected chi connectivity index (χ3v) is 3.42. The first-order valence-corrected chi connectivity index (χ1v) is 6.65. The minimum atomic E-state index is -0.523. The van der Waals surface area contributed by atoms with Crippen molar-refractivity contribution in [2.75, 3.05) is 5.32 Å². The molecule has 0 spiro atoms. The van der Waals surface area contributed by atoms with Crippen LogP contribution in [0.15, 0.2) is 39.4 Å². The van der Waals surface area contributed by atoms with Crippen molar-refractivity contribution in [3.63, 3.8) is 0 Å². The van der Waals surface area contributed by atoms with Gasteiger partial charge in [-0.25, -0.2) is 0 Å². The average molecular weight is 389 g/mol. The number of carbonyl (C=O) groups is 1. The summed E-state index contributed by atoms with van der Waals surface area (Å²) in [6.07, 6.45) is 1.62. The van der Waals surface area contributed by atoms with Gasteiger partial charge in [0.1, 0.15) is 5.69 Å². The molecule has 98 valence electrons. The van der Waals surface area contributed by atoms with Crippen molar-refractivity contribution in [2.45, 2.75) is 0 Å². The molecule has 1 aromatic heterocycles. The molecule has 0 fully saturated rings. The third kappa shape index (κ3) is 3.21. The molecule has 2 N–H and O–H groups in total. The van der Waals surface area contributed by atoms with Gasteiger partial charge in [-0.3, -0.25) is 14.9 Å². The van der Waals surface area contributed by atoms with E-state index < -0.39 is 4.92 Å². The molecule has 8 heteroatoms. The highest BCUT2D eigenvalue weighted by Crippen LogP contribution is 2.28. The topological polar surface area (TPSA) is 88.0 Å². The number of halogens is 2. The molecule has 2 aromatic rings. The lowest BCUT2D eigenvalue weighted by Gasteiger charge is -2.04. The maximum absolute atomic E-state index is 11.8. The number of aromatic amines is 1. The number of amides is 1. The fourth-order valence-electron chi connectivity index (χ4n) is 1.43. The number of benzene rings is 1. The Balaban J connectivity index is 2.22. The molecule has 0 atom stereocenters. The largest absolute Gasteiger partial charge is 0.356 e. The molecule has 1 amide bonds. The van der Waals surface area contributed by atoms with Gasteiger partial charge in [0, 0.05) is 22.4 Å². The molecule has 2 rings (SSSR count). The number of rotatable bonds is 3. The van der Waals surface area contributed by atoms with Crippen molar-refractivity contribution in [3.05, 3.63) is 55.2 Å². The molecule has 0 aliphatic carbocycles. The van der Waals surface area contributed by atoms with Gasteiger partial charge >= 0.3 is 0 Å². The summed E-state index contributed by atoms with van der Waals surface area (Å²) in [6.45, 7) is 0. The number of hydrogen-bond acceptors (Lipinski definition) is 3. The standard InChI is InChI=1S/C11H7Br2N3O3/c12-6-3-9(14-5-6)11(17)15-7-1-2-8(13)10(4-7)16(18)19/h1-5,14H,(H,15,17). The molecule has 0 bridgehead atoms. The zero-order chi connectivity index (χ0) is 14.0. The zero-order valence-corrected chi connectivity index (χ0v) is 12.5. The number of nitro groups is 1. The summed E-state index contributed by atoms with van der Waals surface area (Å²) in [4.78, 5) is 24.9. The molecule has 0 aliphatic rings. The van der Waals surface area contributed by atoms with E-state index in [1.54, 1.807) is 18.3 Å². The number of anilines is 1. The predicted octanol–water partition coefficient (Wildman–Crippen LogP) is 3.70. The fourth-order valence-corrected chi connectivity index (χ4v) is 2.16. The number of nitrogens with zero attached hydrogens (tertiary/aromatic N) is 1. The van der Waals surface area contributed by atoms with Crippen LogP contribution in [0.4, 0.5) is 11.4 Å². The van der Waals surface area contributed by atoms with Crippen LogP contribution < -0.4 is 5.32 Å². The second-order valence-corrected chi connectivity index (χ2v) is 5.38. The Kier molecular flexibility index (Phi) is 4.01. The van der Waals surface area contributed by atoms with Crippen molar-refractivity contribution in [1.82, 2.24) is 4.98 Å². The third-order valence-electron chi connectivity index (χ3n) is 2.29. The van der Waals surface area contributed by atoms with E-state index in [1.165, 1.54) is 12.1 Å². The zero-order valence-electron chi connectivity index (χ0n) is 9.31. The van der Waals surface area contributed by atoms with Crippen LogP contribution in [0.25, 0.3) is 0 Å². The number of hydrogen-bond donors (Lipinski definition) is 2. The number of aromatic nitrogens is 1. The molecule has 1 aromatic carbocycles. The van der Waals surface area contributed by atoms with Crippen LogP contribution in [-0.2, 0) is 0 Å². The molecular weight excluding hydrogens is 382 g/mol. The Morgan fingerprint density at radius 3 is 2.63 bits per heavy atom. The van der Waals surface area contributed by atoms with Crippen molar-refractivity contribution < 1.29 is 9.72 Å². The second-order valence-electron chi connectivity index (χ2n) is 3.61. The molecule has 6 nitrogen and oxygen atoms in total. The van der Waals surface area contributed by atoms with Gasteiger partial charge in [0.05, 0.1) is 9.40 Å². The maximum Gasteiger partial charge on any atom is 0.285 e. The van der Waals surface area contributed by atoms with Crippen LogP contribution in [-0.4, -0.2) is 15.8 Å². The van der Waals surface area contributed by atoms with Crippen LogP contribution >= 0.6 is 31.9 Å². The first-order valence-electron chi connectivity index (χ1n) is 5.06. The maximum atomic E-state index is 11.8. The van der Waals surface area contributed by atoms with E-state index in [9.17, 15) is 14.9 Å². The van der Waals surface area contributed by atoms with Gasteiger partial charge in [0.15, 0.2) is 0 Å². The lowest BCUT2D eigenvalue weighted by molar-refractivity contribution is -0.385. The second kappa shape index (κ2) is 5.54. The highest BCUT2D eigenvalue weighted by Gasteiger charge is 2.14. The minimum absolute atomic E-state index is 0.106. The Labute approximate surface area is 124 Å². The summed E-state index contributed by atoms with van der Waals surface area (Å²) >= 11 is 6.30. The predicted molar refractivity (Wildman–Crippen MR) is 77.2 cm³/mol. The van der Waals surface area contributed by atoms with Gasteiger partial charge in [0.2, 0.25) is 0 Å². The molecular formula is C11H7Br2N3O3. The van der Waals surface area contributed by atoms with E-state index in [0.29, 0.717) is 15.9 Å². The number of H-pyrrole nitrogens is 1. The van der Waals surface area contributed by atoms with E-state index in [-0.39, 0.29) is 11.6 Å². The van der Waals surface area contributed by atoms with Gasteiger partial charge in [-0.2, -0.15) is 0 Å². The van der Waals surface area contributed by atoms with Gasteiger partial charge in [-0.15, -0.1) is 0 Å². The molecule has 0 saturated carbocycles. The van der Waals surface area contributed by atoms with Gasteiger partial charge in [-0.1, -0.05) is 0 Å². The summed E-state index contributed by atoms with van der Waals surface area (Å²) in [5.41, 5.74) is 0.605. The molecule has 0 radical (unpaired) electrons. The SMILES string of the molecule is O=C(Nc1ccc(Br)c([N+](=O)[O-])c1)c1cc(Br)c[nH]1. The van der Waals surface area contributed by atoms with Crippen LogP contribution in [0.5, 0.6) is 0 Å². The minimum Gasteiger partial charge on any atom is -0.356 e. The van der Waals surface area contributed by atoms with E-state index in [2.05, 4.69) is 42.2 Å². The molecule has 1 heterocycles. The molecule has 0 saturated heterocycles. The first-order chi connectivity index (χ1) is 8.97. The van der Waals surface area contributed by atoms with Crippen molar-refractivity contribution in [1.29, 1.82) is 0 Å². The lowest BCUT2D eigenvalue weighted by Crippen LogP contribution is -2.12. The summed E-state index contributed by atoms with van der Waals surface area (Å²) in [5.74, 6) is -0.373. The van der Waals surface area contributed by atoms with Gasteiger partial charge < -0.3 is 10.3 Å². The van der Waals surface area contributed by atoms with Crippen LogP contribution in [0, 0.1) is 10.1 Å². The lowest BCUT2D eigenvalue weighted by atomic mass is 10.2. The fraction of sp³-hybridized carbons (Fsp3) is 0. The van der Waals surface area contributed by atoms with Gasteiger partial charge in [0.25, 0.3) is 11.6 Å². The highest BCUT2D eigenvalue weighted by atomic mass is 79.9. The molecule has 19 heavy (non-hydrogen) atoms. The Morgan fingerprint density at radius 1 is 1.32 bits per heavy atom.